The van der Waals surface area contributed by atoms with Gasteiger partial charge in [0, 0.05) is 43.0 Å². The van der Waals surface area contributed by atoms with E-state index in [0.29, 0.717) is 31.9 Å². The number of nitrogens with one attached hydrogen (secondary N) is 1. The van der Waals surface area contributed by atoms with Crippen LogP contribution < -0.4 is 14.8 Å². The summed E-state index contributed by atoms with van der Waals surface area (Å²) in [5.74, 6) is 1.78. The zero-order chi connectivity index (χ0) is 22.9. The second kappa shape index (κ2) is 11.3. The van der Waals surface area contributed by atoms with Gasteiger partial charge in [0.1, 0.15) is 17.8 Å². The van der Waals surface area contributed by atoms with Gasteiger partial charge in [0.15, 0.2) is 5.69 Å². The molecule has 0 spiro atoms. The summed E-state index contributed by atoms with van der Waals surface area (Å²) in [6, 6.07) is 11.7. The van der Waals surface area contributed by atoms with Gasteiger partial charge in [0.25, 0.3) is 5.91 Å². The Kier molecular flexibility index (Phi) is 8.21. The summed E-state index contributed by atoms with van der Waals surface area (Å²) in [4.78, 5) is 23.2. The first-order valence-electron chi connectivity index (χ1n) is 10.6. The molecule has 1 N–H and O–H groups in total. The molecule has 2 heterocycles. The Morgan fingerprint density at radius 2 is 2.00 bits per heavy atom. The lowest BCUT2D eigenvalue weighted by atomic mass is 10.1. The van der Waals surface area contributed by atoms with Gasteiger partial charge in [-0.25, -0.2) is 4.98 Å². The number of amides is 1. The molecule has 0 bridgehead atoms. The van der Waals surface area contributed by atoms with Crippen LogP contribution in [-0.2, 0) is 19.5 Å². The standard InChI is InChI=1S/C24H30N4O4/c1-17(2)28(14-18-13-20(30-3)8-9-22(18)31-4)15-23-27-21(16-32-23)24(29)26-12-10-19-7-5-6-11-25-19/h5-9,11,13,16-17H,10,12,14-15H2,1-4H3,(H,26,29). The molecule has 0 aliphatic carbocycles. The highest BCUT2D eigenvalue weighted by Gasteiger charge is 2.19. The number of oxazole rings is 1. The Morgan fingerprint density at radius 3 is 2.69 bits per heavy atom. The zero-order valence-corrected chi connectivity index (χ0v) is 19.0. The Labute approximate surface area is 188 Å². The first-order valence-corrected chi connectivity index (χ1v) is 10.6. The van der Waals surface area contributed by atoms with Gasteiger partial charge in [-0.1, -0.05) is 6.07 Å². The Hall–Kier alpha value is -3.39. The molecule has 1 aromatic carbocycles. The molecule has 0 unspecified atom stereocenters. The molecule has 0 saturated carbocycles. The van der Waals surface area contributed by atoms with Crippen LogP contribution >= 0.6 is 0 Å². The minimum Gasteiger partial charge on any atom is -0.497 e. The van der Waals surface area contributed by atoms with E-state index in [1.165, 1.54) is 6.26 Å². The maximum atomic E-state index is 12.4. The first kappa shape index (κ1) is 23.3. The molecule has 3 rings (SSSR count). The van der Waals surface area contributed by atoms with Crippen LogP contribution in [0.1, 0.15) is 41.5 Å². The number of aromatic nitrogens is 2. The fourth-order valence-corrected chi connectivity index (χ4v) is 3.25. The number of pyridine rings is 1. The van der Waals surface area contributed by atoms with E-state index in [2.05, 4.69) is 34.0 Å². The number of benzene rings is 1. The molecule has 2 aromatic heterocycles. The number of carbonyl (C=O) groups excluding carboxylic acids is 1. The van der Waals surface area contributed by atoms with Crippen molar-refractivity contribution in [1.29, 1.82) is 0 Å². The predicted octanol–water partition coefficient (Wildman–Crippen LogP) is 3.47. The van der Waals surface area contributed by atoms with Gasteiger partial charge >= 0.3 is 0 Å². The van der Waals surface area contributed by atoms with Gasteiger partial charge in [-0.15, -0.1) is 0 Å². The molecule has 0 aliphatic rings. The van der Waals surface area contributed by atoms with Crippen molar-refractivity contribution in [2.45, 2.75) is 39.4 Å². The number of ether oxygens (including phenoxy) is 2. The lowest BCUT2D eigenvalue weighted by Gasteiger charge is -2.26. The van der Waals surface area contributed by atoms with Crippen LogP contribution in [0.3, 0.4) is 0 Å². The monoisotopic (exact) mass is 438 g/mol. The average Bonchev–Trinajstić information content (AvgIpc) is 3.28. The van der Waals surface area contributed by atoms with Crippen LogP contribution in [0, 0.1) is 0 Å². The number of hydrogen-bond acceptors (Lipinski definition) is 7. The van der Waals surface area contributed by atoms with E-state index in [1.54, 1.807) is 20.4 Å². The summed E-state index contributed by atoms with van der Waals surface area (Å²) in [6.07, 6.45) is 3.79. The van der Waals surface area contributed by atoms with E-state index in [1.807, 2.05) is 36.4 Å². The summed E-state index contributed by atoms with van der Waals surface area (Å²) in [6.45, 7) is 5.75. The lowest BCUT2D eigenvalue weighted by Crippen LogP contribution is -2.30. The normalized spacial score (nSPS) is 11.1. The van der Waals surface area contributed by atoms with Gasteiger partial charge in [-0.2, -0.15) is 0 Å². The first-order chi connectivity index (χ1) is 15.5. The number of methoxy groups -OCH3 is 2. The van der Waals surface area contributed by atoms with E-state index in [0.717, 1.165) is 22.8 Å². The summed E-state index contributed by atoms with van der Waals surface area (Å²) < 4.78 is 16.4. The van der Waals surface area contributed by atoms with Crippen molar-refractivity contribution >= 4 is 5.91 Å². The summed E-state index contributed by atoms with van der Waals surface area (Å²) in [5, 5.41) is 2.86. The maximum Gasteiger partial charge on any atom is 0.273 e. The number of nitrogens with zero attached hydrogens (tertiary/aromatic N) is 3. The predicted molar refractivity (Wildman–Crippen MR) is 121 cm³/mol. The van der Waals surface area contributed by atoms with Crippen LogP contribution in [-0.4, -0.2) is 47.6 Å². The van der Waals surface area contributed by atoms with Crippen LogP contribution in [0.25, 0.3) is 0 Å². The van der Waals surface area contributed by atoms with Gasteiger partial charge in [0.2, 0.25) is 5.89 Å². The summed E-state index contributed by atoms with van der Waals surface area (Å²) in [7, 11) is 3.29. The maximum absolute atomic E-state index is 12.4. The molecule has 170 valence electrons. The molecule has 8 nitrogen and oxygen atoms in total. The summed E-state index contributed by atoms with van der Waals surface area (Å²) in [5.41, 5.74) is 2.19. The van der Waals surface area contributed by atoms with Crippen molar-refractivity contribution < 1.29 is 18.7 Å². The molecule has 0 radical (unpaired) electrons. The van der Waals surface area contributed by atoms with Crippen LogP contribution in [0.2, 0.25) is 0 Å². The molecule has 0 aliphatic heterocycles. The van der Waals surface area contributed by atoms with Gasteiger partial charge in [-0.05, 0) is 44.2 Å². The minimum absolute atomic E-state index is 0.216. The van der Waals surface area contributed by atoms with Crippen molar-refractivity contribution in [3.05, 3.63) is 71.7 Å². The van der Waals surface area contributed by atoms with Crippen molar-refractivity contribution in [3.63, 3.8) is 0 Å². The summed E-state index contributed by atoms with van der Waals surface area (Å²) >= 11 is 0. The number of rotatable bonds is 11. The SMILES string of the molecule is COc1ccc(OC)c(CN(Cc2nc(C(=O)NCCc3ccccn3)co2)C(C)C)c1. The Balaban J connectivity index is 1.61. The second-order valence-electron chi connectivity index (χ2n) is 7.63. The fourth-order valence-electron chi connectivity index (χ4n) is 3.25. The zero-order valence-electron chi connectivity index (χ0n) is 19.0. The highest BCUT2D eigenvalue weighted by atomic mass is 16.5. The van der Waals surface area contributed by atoms with Gasteiger partial charge in [0.05, 0.1) is 20.8 Å². The molecule has 0 atom stereocenters. The van der Waals surface area contributed by atoms with Crippen molar-refractivity contribution in [2.75, 3.05) is 20.8 Å². The van der Waals surface area contributed by atoms with Gasteiger partial charge < -0.3 is 19.2 Å². The van der Waals surface area contributed by atoms with E-state index < -0.39 is 0 Å². The van der Waals surface area contributed by atoms with E-state index in [-0.39, 0.29) is 17.6 Å². The van der Waals surface area contributed by atoms with E-state index >= 15 is 0 Å². The molecular weight excluding hydrogens is 408 g/mol. The second-order valence-corrected chi connectivity index (χ2v) is 7.63. The Morgan fingerprint density at radius 1 is 1.16 bits per heavy atom. The molecule has 8 heteroatoms. The third-order valence-electron chi connectivity index (χ3n) is 5.11. The minimum atomic E-state index is -0.263. The topological polar surface area (TPSA) is 89.7 Å². The molecular formula is C24H30N4O4. The van der Waals surface area contributed by atoms with Crippen LogP contribution in [0.5, 0.6) is 11.5 Å². The molecule has 1 amide bonds. The molecule has 0 fully saturated rings. The van der Waals surface area contributed by atoms with Crippen molar-refractivity contribution in [1.82, 2.24) is 20.2 Å². The fraction of sp³-hybridized carbons (Fsp3) is 0.375. The van der Waals surface area contributed by atoms with Crippen LogP contribution in [0.4, 0.5) is 0 Å². The van der Waals surface area contributed by atoms with E-state index in [9.17, 15) is 4.79 Å². The third-order valence-corrected chi connectivity index (χ3v) is 5.11. The van der Waals surface area contributed by atoms with Crippen molar-refractivity contribution in [3.8, 4) is 11.5 Å². The third kappa shape index (κ3) is 6.31. The highest BCUT2D eigenvalue weighted by Crippen LogP contribution is 2.26. The van der Waals surface area contributed by atoms with Gasteiger partial charge in [-0.3, -0.25) is 14.7 Å². The number of carbonyl (C=O) groups is 1. The molecule has 3 aromatic rings. The Bertz CT molecular complexity index is 1000. The van der Waals surface area contributed by atoms with Crippen molar-refractivity contribution in [2.24, 2.45) is 0 Å². The molecule has 32 heavy (non-hydrogen) atoms. The quantitative estimate of drug-likeness (QED) is 0.490. The highest BCUT2D eigenvalue weighted by molar-refractivity contribution is 5.91. The molecule has 0 saturated heterocycles. The largest absolute Gasteiger partial charge is 0.497 e. The number of hydrogen-bond donors (Lipinski definition) is 1. The van der Waals surface area contributed by atoms with E-state index in [4.69, 9.17) is 13.9 Å². The average molecular weight is 439 g/mol. The smallest absolute Gasteiger partial charge is 0.273 e. The van der Waals surface area contributed by atoms with Crippen LogP contribution in [0.15, 0.2) is 53.3 Å². The lowest BCUT2D eigenvalue weighted by molar-refractivity contribution is 0.0949.